The van der Waals surface area contributed by atoms with Crippen LogP contribution in [-0.4, -0.2) is 31.3 Å². The van der Waals surface area contributed by atoms with Gasteiger partial charge in [0.05, 0.1) is 0 Å². The van der Waals surface area contributed by atoms with Gasteiger partial charge in [0.2, 0.25) is 0 Å². The predicted octanol–water partition coefficient (Wildman–Crippen LogP) is 2.17. The van der Waals surface area contributed by atoms with Crippen molar-refractivity contribution in [2.45, 2.75) is 20.8 Å². The second kappa shape index (κ2) is 7.48. The largest absolute Gasteiger partial charge is 0.304 e. The average Bonchev–Trinajstić information content (AvgIpc) is 1.90. The summed E-state index contributed by atoms with van der Waals surface area (Å²) in [6.07, 6.45) is 0. The van der Waals surface area contributed by atoms with E-state index in [0.717, 1.165) is 5.57 Å². The summed E-state index contributed by atoms with van der Waals surface area (Å²) in [5.74, 6) is 0. The summed E-state index contributed by atoms with van der Waals surface area (Å²) in [7, 11) is 3.88. The fourth-order valence-corrected chi connectivity index (χ4v) is 0.451. The third kappa shape index (κ3) is 9.37. The first-order valence-electron chi connectivity index (χ1n) is 3.92. The Kier molecular flexibility index (Phi) is 8.83. The van der Waals surface area contributed by atoms with Crippen LogP contribution < -0.4 is 0 Å². The standard InChI is InChI=1S/C7H14N2.C2H6/c1-6(2)7(8)5-9(3)4;1-2/h8H,1,5H2,2-4H3;1-2H3. The molecule has 0 saturated carbocycles. The summed E-state index contributed by atoms with van der Waals surface area (Å²) in [5, 5.41) is 7.33. The van der Waals surface area contributed by atoms with Gasteiger partial charge < -0.3 is 10.3 Å². The first-order chi connectivity index (χ1) is 5.04. The molecule has 0 heterocycles. The molecule has 0 rings (SSSR count). The van der Waals surface area contributed by atoms with Crippen LogP contribution in [0.3, 0.4) is 0 Å². The Labute approximate surface area is 70.4 Å². The van der Waals surface area contributed by atoms with Crippen molar-refractivity contribution in [1.82, 2.24) is 4.90 Å². The quantitative estimate of drug-likeness (QED) is 0.623. The first-order valence-corrected chi connectivity index (χ1v) is 3.92. The van der Waals surface area contributed by atoms with Gasteiger partial charge in [-0.3, -0.25) is 0 Å². The van der Waals surface area contributed by atoms with Crippen molar-refractivity contribution >= 4 is 5.71 Å². The summed E-state index contributed by atoms with van der Waals surface area (Å²) in [4.78, 5) is 1.96. The SMILES string of the molecule is C=C(C)C(=N)CN(C)C.CC. The molecule has 0 aliphatic heterocycles. The smallest absolute Gasteiger partial charge is 0.0477 e. The number of nitrogens with one attached hydrogen (secondary N) is 1. The van der Waals surface area contributed by atoms with Gasteiger partial charge in [-0.1, -0.05) is 20.4 Å². The lowest BCUT2D eigenvalue weighted by atomic mass is 10.2. The molecule has 0 aromatic carbocycles. The van der Waals surface area contributed by atoms with Crippen molar-refractivity contribution in [2.24, 2.45) is 0 Å². The Hall–Kier alpha value is -0.630. The molecule has 0 amide bonds. The molecule has 0 fully saturated rings. The minimum atomic E-state index is 0.611. The van der Waals surface area contributed by atoms with E-state index in [-0.39, 0.29) is 0 Å². The minimum Gasteiger partial charge on any atom is -0.304 e. The summed E-state index contributed by atoms with van der Waals surface area (Å²) in [6.45, 7) is 10.2. The number of rotatable bonds is 3. The van der Waals surface area contributed by atoms with Gasteiger partial charge >= 0.3 is 0 Å². The van der Waals surface area contributed by atoms with Crippen molar-refractivity contribution in [3.05, 3.63) is 12.2 Å². The molecule has 0 radical (unpaired) electrons. The molecular formula is C9H20N2. The van der Waals surface area contributed by atoms with E-state index in [0.29, 0.717) is 12.3 Å². The van der Waals surface area contributed by atoms with Gasteiger partial charge in [-0.2, -0.15) is 0 Å². The zero-order valence-electron chi connectivity index (χ0n) is 8.36. The topological polar surface area (TPSA) is 27.1 Å². The van der Waals surface area contributed by atoms with Gasteiger partial charge in [-0.15, -0.1) is 0 Å². The van der Waals surface area contributed by atoms with Crippen LogP contribution in [0.15, 0.2) is 12.2 Å². The van der Waals surface area contributed by atoms with Crippen molar-refractivity contribution < 1.29 is 0 Å². The molecule has 0 aliphatic carbocycles. The highest BCUT2D eigenvalue weighted by molar-refractivity contribution is 5.98. The lowest BCUT2D eigenvalue weighted by Crippen LogP contribution is -2.21. The Bertz CT molecular complexity index is 126. The Morgan fingerprint density at radius 3 is 1.82 bits per heavy atom. The van der Waals surface area contributed by atoms with E-state index in [9.17, 15) is 0 Å². The highest BCUT2D eigenvalue weighted by Crippen LogP contribution is 1.90. The molecule has 0 bridgehead atoms. The minimum absolute atomic E-state index is 0.611. The van der Waals surface area contributed by atoms with E-state index in [2.05, 4.69) is 6.58 Å². The fraction of sp³-hybridized carbons (Fsp3) is 0.667. The van der Waals surface area contributed by atoms with Crippen LogP contribution in [0.1, 0.15) is 20.8 Å². The van der Waals surface area contributed by atoms with Gasteiger partial charge in [-0.05, 0) is 26.6 Å². The van der Waals surface area contributed by atoms with Crippen LogP contribution >= 0.6 is 0 Å². The van der Waals surface area contributed by atoms with E-state index in [1.807, 2.05) is 39.8 Å². The van der Waals surface area contributed by atoms with Gasteiger partial charge in [0.25, 0.3) is 0 Å². The average molecular weight is 156 g/mol. The van der Waals surface area contributed by atoms with Crippen molar-refractivity contribution in [2.75, 3.05) is 20.6 Å². The van der Waals surface area contributed by atoms with E-state index in [1.165, 1.54) is 0 Å². The number of nitrogens with zero attached hydrogens (tertiary/aromatic N) is 1. The highest BCUT2D eigenvalue weighted by atomic mass is 15.1. The maximum atomic E-state index is 7.33. The number of hydrogen-bond acceptors (Lipinski definition) is 2. The Morgan fingerprint density at radius 2 is 1.73 bits per heavy atom. The summed E-state index contributed by atoms with van der Waals surface area (Å²) >= 11 is 0. The third-order valence-corrected chi connectivity index (χ3v) is 0.990. The molecule has 0 saturated heterocycles. The zero-order valence-corrected chi connectivity index (χ0v) is 8.36. The first kappa shape index (κ1) is 13.0. The maximum Gasteiger partial charge on any atom is 0.0477 e. The van der Waals surface area contributed by atoms with Crippen LogP contribution in [0.4, 0.5) is 0 Å². The van der Waals surface area contributed by atoms with Crippen LogP contribution in [0.2, 0.25) is 0 Å². The predicted molar refractivity (Wildman–Crippen MR) is 52.4 cm³/mol. The molecule has 0 aromatic rings. The van der Waals surface area contributed by atoms with Crippen molar-refractivity contribution in [3.63, 3.8) is 0 Å². The molecule has 0 aromatic heterocycles. The normalized spacial score (nSPS) is 8.55. The molecule has 2 nitrogen and oxygen atoms in total. The lowest BCUT2D eigenvalue weighted by Gasteiger charge is -2.09. The van der Waals surface area contributed by atoms with Gasteiger partial charge in [-0.25, -0.2) is 0 Å². The van der Waals surface area contributed by atoms with E-state index in [1.54, 1.807) is 0 Å². The van der Waals surface area contributed by atoms with Crippen LogP contribution in [-0.2, 0) is 0 Å². The van der Waals surface area contributed by atoms with E-state index < -0.39 is 0 Å². The summed E-state index contributed by atoms with van der Waals surface area (Å²) in [5.41, 5.74) is 1.46. The molecule has 2 heteroatoms. The molecule has 0 unspecified atom stereocenters. The second-order valence-corrected chi connectivity index (χ2v) is 2.50. The molecule has 11 heavy (non-hydrogen) atoms. The van der Waals surface area contributed by atoms with Crippen LogP contribution in [0.5, 0.6) is 0 Å². The molecule has 1 N–H and O–H groups in total. The van der Waals surface area contributed by atoms with Gasteiger partial charge in [0.1, 0.15) is 0 Å². The Morgan fingerprint density at radius 1 is 1.36 bits per heavy atom. The number of hydrogen-bond donors (Lipinski definition) is 1. The van der Waals surface area contributed by atoms with Gasteiger partial charge in [0.15, 0.2) is 0 Å². The third-order valence-electron chi connectivity index (χ3n) is 0.990. The molecule has 0 spiro atoms. The molecule has 0 atom stereocenters. The molecular weight excluding hydrogens is 136 g/mol. The fourth-order valence-electron chi connectivity index (χ4n) is 0.451. The van der Waals surface area contributed by atoms with E-state index >= 15 is 0 Å². The molecule has 0 aliphatic rings. The summed E-state index contributed by atoms with van der Waals surface area (Å²) < 4.78 is 0. The Balaban J connectivity index is 0. The van der Waals surface area contributed by atoms with E-state index in [4.69, 9.17) is 5.41 Å². The maximum absolute atomic E-state index is 7.33. The zero-order chi connectivity index (χ0) is 9.44. The second-order valence-electron chi connectivity index (χ2n) is 2.50. The van der Waals surface area contributed by atoms with Crippen molar-refractivity contribution in [3.8, 4) is 0 Å². The van der Waals surface area contributed by atoms with Crippen LogP contribution in [0, 0.1) is 5.41 Å². The highest BCUT2D eigenvalue weighted by Gasteiger charge is 1.96. The van der Waals surface area contributed by atoms with Crippen LogP contribution in [0.25, 0.3) is 0 Å². The molecule has 66 valence electrons. The lowest BCUT2D eigenvalue weighted by molar-refractivity contribution is 0.469. The van der Waals surface area contributed by atoms with Gasteiger partial charge in [0, 0.05) is 12.3 Å². The monoisotopic (exact) mass is 156 g/mol. The summed E-state index contributed by atoms with van der Waals surface area (Å²) in [6, 6.07) is 0. The van der Waals surface area contributed by atoms with Crippen molar-refractivity contribution in [1.29, 1.82) is 5.41 Å².